The van der Waals surface area contributed by atoms with Crippen LogP contribution in [-0.2, 0) is 30.3 Å². The Bertz CT molecular complexity index is 301. The van der Waals surface area contributed by atoms with Crippen LogP contribution < -0.4 is 0 Å². The number of hydrogen-bond donors (Lipinski definition) is 2. The first-order chi connectivity index (χ1) is 5.11. The average Bonchev–Trinajstić information content (AvgIpc) is 1.94. The number of benzene rings is 1. The van der Waals surface area contributed by atoms with Gasteiger partial charge >= 0.3 is 0 Å². The fraction of sp³-hybridized carbons (Fsp3) is 0.143. The molecule has 0 aromatic heterocycles. The van der Waals surface area contributed by atoms with Crippen molar-refractivity contribution in [2.24, 2.45) is 0 Å². The molecule has 1 atom stereocenters. The van der Waals surface area contributed by atoms with Gasteiger partial charge in [0.1, 0.15) is 5.75 Å². The normalized spacial score (nSPS) is 11.8. The summed E-state index contributed by atoms with van der Waals surface area (Å²) in [6, 6.07) is 4.76. The molecule has 0 aliphatic rings. The molecule has 1 aromatic carbocycles. The van der Waals surface area contributed by atoms with Gasteiger partial charge in [-0.25, -0.2) is 0 Å². The minimum absolute atomic E-state index is 0. The van der Waals surface area contributed by atoms with Gasteiger partial charge in [-0.2, -0.15) is 0 Å². The van der Waals surface area contributed by atoms with E-state index in [4.69, 9.17) is 5.11 Å². The maximum Gasteiger partial charge on any atom is 0.130 e. The molecule has 0 saturated heterocycles. The van der Waals surface area contributed by atoms with Crippen molar-refractivity contribution in [3.63, 3.8) is 0 Å². The average molecular weight is 254 g/mol. The zero-order chi connectivity index (χ0) is 8.43. The maximum absolute atomic E-state index is 10.9. The van der Waals surface area contributed by atoms with E-state index >= 15 is 0 Å². The summed E-state index contributed by atoms with van der Waals surface area (Å²) in [6.45, 7) is 0. The second kappa shape index (κ2) is 5.00. The Kier molecular flexibility index (Phi) is 5.06. The van der Waals surface area contributed by atoms with E-state index in [0.29, 0.717) is 9.79 Å². The molecule has 12 heavy (non-hydrogen) atoms. The molecule has 5 heteroatoms. The summed E-state index contributed by atoms with van der Waals surface area (Å²) >= 11 is 3.96. The Morgan fingerprint density at radius 2 is 2.08 bits per heavy atom. The maximum atomic E-state index is 10.9. The number of phenolic OH excluding ortho intramolecular Hbond substituents is 1. The van der Waals surface area contributed by atoms with Gasteiger partial charge in [0.25, 0.3) is 0 Å². The molecule has 0 heterocycles. The third-order valence-electron chi connectivity index (χ3n) is 1.28. The molecule has 0 amide bonds. The van der Waals surface area contributed by atoms with Crippen LogP contribution in [0.1, 0.15) is 0 Å². The van der Waals surface area contributed by atoms with Crippen LogP contribution in [0.4, 0.5) is 0 Å². The summed E-state index contributed by atoms with van der Waals surface area (Å²) in [7, 11) is -1.04. The van der Waals surface area contributed by atoms with Gasteiger partial charge < -0.3 is 5.11 Å². The summed E-state index contributed by atoms with van der Waals surface area (Å²) < 4.78 is 10.9. The van der Waals surface area contributed by atoms with Gasteiger partial charge in [-0.15, -0.1) is 12.6 Å². The summed E-state index contributed by atoms with van der Waals surface area (Å²) in [5, 5.41) is 9.14. The predicted octanol–water partition coefficient (Wildman–Crippen LogP) is 1.42. The molecule has 62 valence electrons. The number of aromatic hydroxyl groups is 1. The Morgan fingerprint density at radius 3 is 2.50 bits per heavy atom. The van der Waals surface area contributed by atoms with Gasteiger partial charge in [0.2, 0.25) is 0 Å². The molecule has 1 rings (SSSR count). The molecular weight excluding hydrogens is 246 g/mol. The van der Waals surface area contributed by atoms with Crippen LogP contribution in [0.5, 0.6) is 5.75 Å². The Hall–Kier alpha value is 0.143. The minimum atomic E-state index is -1.04. The molecule has 2 nitrogen and oxygen atoms in total. The quantitative estimate of drug-likeness (QED) is 0.587. The Balaban J connectivity index is 0.00000121. The molecule has 1 unspecified atom stereocenters. The summed E-state index contributed by atoms with van der Waals surface area (Å²) in [6.07, 6.45) is 1.56. The zero-order valence-electron chi connectivity index (χ0n) is 6.65. The van der Waals surface area contributed by atoms with Gasteiger partial charge in [0.15, 0.2) is 0 Å². The third kappa shape index (κ3) is 2.89. The van der Waals surface area contributed by atoms with Crippen LogP contribution in [0, 0.1) is 0 Å². The van der Waals surface area contributed by atoms with Gasteiger partial charge in [0, 0.05) is 46.3 Å². The zero-order valence-corrected chi connectivity index (χ0v) is 11.3. The molecule has 1 N–H and O–H groups in total. The summed E-state index contributed by atoms with van der Waals surface area (Å²) in [4.78, 5) is 1.11. The van der Waals surface area contributed by atoms with Crippen molar-refractivity contribution in [1.82, 2.24) is 0 Å². The topological polar surface area (TPSA) is 37.3 Å². The standard InChI is InChI=1S/C7H8O2S2.Zn/c1-11(9)5-2-3-7(10)6(8)4-5;/h2-4,8,10H,1H3;. The molecule has 0 fully saturated rings. The molecule has 0 aliphatic carbocycles. The molecule has 0 saturated carbocycles. The van der Waals surface area contributed by atoms with Crippen LogP contribution >= 0.6 is 12.6 Å². The predicted molar refractivity (Wildman–Crippen MR) is 47.7 cm³/mol. The first kappa shape index (κ1) is 12.1. The number of rotatable bonds is 1. The first-order valence-electron chi connectivity index (χ1n) is 2.96. The van der Waals surface area contributed by atoms with Crippen LogP contribution in [0.25, 0.3) is 0 Å². The second-order valence-electron chi connectivity index (χ2n) is 2.10. The smallest absolute Gasteiger partial charge is 0.130 e. The number of hydrogen-bond acceptors (Lipinski definition) is 3. The molecule has 0 spiro atoms. The van der Waals surface area contributed by atoms with Crippen LogP contribution in [0.15, 0.2) is 28.0 Å². The van der Waals surface area contributed by atoms with Gasteiger partial charge in [-0.1, -0.05) is 0 Å². The molecule has 0 aliphatic heterocycles. The van der Waals surface area contributed by atoms with Crippen molar-refractivity contribution in [1.29, 1.82) is 0 Å². The van der Waals surface area contributed by atoms with E-state index in [9.17, 15) is 4.21 Å². The Morgan fingerprint density at radius 1 is 1.50 bits per heavy atom. The molecule has 1 aromatic rings. The van der Waals surface area contributed by atoms with E-state index in [2.05, 4.69) is 12.6 Å². The number of phenols is 1. The first-order valence-corrected chi connectivity index (χ1v) is 4.97. The fourth-order valence-electron chi connectivity index (χ4n) is 0.682. The van der Waals surface area contributed by atoms with E-state index in [0.717, 1.165) is 0 Å². The number of thiol groups is 1. The van der Waals surface area contributed by atoms with Gasteiger partial charge in [-0.05, 0) is 18.2 Å². The largest absolute Gasteiger partial charge is 0.507 e. The fourth-order valence-corrected chi connectivity index (χ4v) is 1.36. The van der Waals surface area contributed by atoms with Crippen molar-refractivity contribution in [2.75, 3.05) is 6.26 Å². The van der Waals surface area contributed by atoms with Gasteiger partial charge in [-0.3, -0.25) is 4.21 Å². The summed E-state index contributed by atoms with van der Waals surface area (Å²) in [5.74, 6) is 0.0704. The Labute approximate surface area is 92.0 Å². The van der Waals surface area contributed by atoms with E-state index < -0.39 is 10.8 Å². The molecular formula is C7H8O2S2Zn. The van der Waals surface area contributed by atoms with Crippen LogP contribution in [-0.4, -0.2) is 15.6 Å². The van der Waals surface area contributed by atoms with Gasteiger partial charge in [0.05, 0.1) is 0 Å². The summed E-state index contributed by atoms with van der Waals surface area (Å²) in [5.41, 5.74) is 0. The van der Waals surface area contributed by atoms with Crippen LogP contribution in [0.3, 0.4) is 0 Å². The minimum Gasteiger partial charge on any atom is -0.507 e. The van der Waals surface area contributed by atoms with Crippen molar-refractivity contribution in [3.05, 3.63) is 18.2 Å². The van der Waals surface area contributed by atoms with Crippen LogP contribution in [0.2, 0.25) is 0 Å². The van der Waals surface area contributed by atoms with E-state index in [1.165, 1.54) is 6.07 Å². The van der Waals surface area contributed by atoms with Crippen molar-refractivity contribution < 1.29 is 28.8 Å². The van der Waals surface area contributed by atoms with E-state index in [-0.39, 0.29) is 25.2 Å². The second-order valence-corrected chi connectivity index (χ2v) is 3.97. The monoisotopic (exact) mass is 252 g/mol. The molecule has 0 radical (unpaired) electrons. The third-order valence-corrected chi connectivity index (χ3v) is 2.57. The van der Waals surface area contributed by atoms with Crippen molar-refractivity contribution in [2.45, 2.75) is 9.79 Å². The SMILES string of the molecule is CS(=O)c1ccc(S)c(O)c1.[Zn]. The van der Waals surface area contributed by atoms with E-state index in [1.54, 1.807) is 18.4 Å². The van der Waals surface area contributed by atoms with Crippen molar-refractivity contribution in [3.8, 4) is 5.75 Å². The van der Waals surface area contributed by atoms with Crippen molar-refractivity contribution >= 4 is 23.4 Å². The molecule has 0 bridgehead atoms. The van der Waals surface area contributed by atoms with E-state index in [1.807, 2.05) is 0 Å².